The first-order chi connectivity index (χ1) is 8.06. The zero-order valence-corrected chi connectivity index (χ0v) is 9.61. The van der Waals surface area contributed by atoms with Crippen molar-refractivity contribution in [2.45, 2.75) is 13.0 Å². The fourth-order valence-electron chi connectivity index (χ4n) is 1.44. The van der Waals surface area contributed by atoms with Gasteiger partial charge >= 0.3 is 5.97 Å². The SMILES string of the molecule is C=CCN(CC(=O)O)C(=O)C(C)n1cccn1. The summed E-state index contributed by atoms with van der Waals surface area (Å²) in [7, 11) is 0. The Labute approximate surface area is 99.1 Å². The Hall–Kier alpha value is -2.11. The van der Waals surface area contributed by atoms with Gasteiger partial charge in [0.25, 0.3) is 0 Å². The van der Waals surface area contributed by atoms with Gasteiger partial charge < -0.3 is 10.0 Å². The van der Waals surface area contributed by atoms with Gasteiger partial charge in [-0.1, -0.05) is 6.08 Å². The summed E-state index contributed by atoms with van der Waals surface area (Å²) in [6.07, 6.45) is 4.73. The second kappa shape index (κ2) is 5.83. The predicted octanol–water partition coefficient (Wildman–Crippen LogP) is 0.543. The Balaban J connectivity index is 2.76. The van der Waals surface area contributed by atoms with E-state index in [9.17, 15) is 9.59 Å². The van der Waals surface area contributed by atoms with Crippen molar-refractivity contribution in [3.8, 4) is 0 Å². The molecule has 0 saturated heterocycles. The van der Waals surface area contributed by atoms with Crippen molar-refractivity contribution >= 4 is 11.9 Å². The van der Waals surface area contributed by atoms with E-state index < -0.39 is 12.0 Å². The van der Waals surface area contributed by atoms with Gasteiger partial charge in [-0.25, -0.2) is 0 Å². The number of carbonyl (C=O) groups excluding carboxylic acids is 1. The van der Waals surface area contributed by atoms with Crippen LogP contribution in [0.25, 0.3) is 0 Å². The Kier molecular flexibility index (Phi) is 4.45. The number of carboxylic acids is 1. The highest BCUT2D eigenvalue weighted by molar-refractivity contribution is 5.84. The van der Waals surface area contributed by atoms with Crippen LogP contribution in [0.2, 0.25) is 0 Å². The maximum absolute atomic E-state index is 12.0. The summed E-state index contributed by atoms with van der Waals surface area (Å²) in [5.74, 6) is -1.34. The Morgan fingerprint density at radius 2 is 2.35 bits per heavy atom. The lowest BCUT2D eigenvalue weighted by Crippen LogP contribution is -2.39. The highest BCUT2D eigenvalue weighted by Crippen LogP contribution is 2.08. The monoisotopic (exact) mass is 237 g/mol. The first kappa shape index (κ1) is 13.0. The maximum Gasteiger partial charge on any atom is 0.323 e. The molecular formula is C11H15N3O3. The summed E-state index contributed by atoms with van der Waals surface area (Å²) in [5.41, 5.74) is 0. The zero-order valence-electron chi connectivity index (χ0n) is 9.61. The number of aliphatic carboxylic acids is 1. The molecule has 0 radical (unpaired) electrons. The van der Waals surface area contributed by atoms with Gasteiger partial charge in [-0.15, -0.1) is 6.58 Å². The predicted molar refractivity (Wildman–Crippen MR) is 61.4 cm³/mol. The van der Waals surface area contributed by atoms with Crippen LogP contribution in [0.1, 0.15) is 13.0 Å². The van der Waals surface area contributed by atoms with Crippen LogP contribution in [-0.2, 0) is 9.59 Å². The van der Waals surface area contributed by atoms with Gasteiger partial charge in [-0.3, -0.25) is 14.3 Å². The third-order valence-electron chi connectivity index (χ3n) is 2.27. The molecule has 1 N–H and O–H groups in total. The van der Waals surface area contributed by atoms with Crippen LogP contribution in [-0.4, -0.2) is 44.8 Å². The molecule has 1 aromatic rings. The summed E-state index contributed by atoms with van der Waals surface area (Å²) in [6, 6.07) is 1.18. The van der Waals surface area contributed by atoms with Crippen molar-refractivity contribution < 1.29 is 14.7 Å². The van der Waals surface area contributed by atoms with Crippen LogP contribution < -0.4 is 0 Å². The van der Waals surface area contributed by atoms with Crippen LogP contribution in [0.15, 0.2) is 31.1 Å². The van der Waals surface area contributed by atoms with Crippen molar-refractivity contribution in [3.63, 3.8) is 0 Å². The molecule has 0 aliphatic carbocycles. The molecular weight excluding hydrogens is 222 g/mol. The van der Waals surface area contributed by atoms with Crippen LogP contribution >= 0.6 is 0 Å². The summed E-state index contributed by atoms with van der Waals surface area (Å²) < 4.78 is 1.49. The topological polar surface area (TPSA) is 75.4 Å². The molecule has 0 aromatic carbocycles. The van der Waals surface area contributed by atoms with Gasteiger partial charge in [-0.2, -0.15) is 5.10 Å². The molecule has 1 atom stereocenters. The molecule has 6 nitrogen and oxygen atoms in total. The molecule has 6 heteroatoms. The lowest BCUT2D eigenvalue weighted by molar-refractivity contribution is -0.145. The van der Waals surface area contributed by atoms with E-state index in [-0.39, 0.29) is 19.0 Å². The zero-order chi connectivity index (χ0) is 12.8. The minimum Gasteiger partial charge on any atom is -0.480 e. The van der Waals surface area contributed by atoms with Gasteiger partial charge in [0.15, 0.2) is 0 Å². The molecule has 0 bridgehead atoms. The van der Waals surface area contributed by atoms with Crippen LogP contribution in [0, 0.1) is 0 Å². The molecule has 0 fully saturated rings. The standard InChI is InChI=1S/C11H15N3O3/c1-3-6-13(8-10(15)16)11(17)9(2)14-7-4-5-12-14/h3-5,7,9H,1,6,8H2,2H3,(H,15,16). The van der Waals surface area contributed by atoms with Crippen LogP contribution in [0.3, 0.4) is 0 Å². The normalized spacial score (nSPS) is 11.8. The molecule has 1 heterocycles. The number of amides is 1. The Morgan fingerprint density at radius 3 is 2.82 bits per heavy atom. The molecule has 0 aliphatic rings. The van der Waals surface area contributed by atoms with Gasteiger partial charge in [0.2, 0.25) is 5.91 Å². The minimum atomic E-state index is -1.05. The minimum absolute atomic E-state index is 0.205. The number of aromatic nitrogens is 2. The summed E-state index contributed by atoms with van der Waals surface area (Å²) in [5, 5.41) is 12.7. The van der Waals surface area contributed by atoms with Gasteiger partial charge in [0, 0.05) is 18.9 Å². The Bertz CT molecular complexity index is 400. The summed E-state index contributed by atoms with van der Waals surface area (Å²) in [4.78, 5) is 23.9. The Morgan fingerprint density at radius 1 is 1.65 bits per heavy atom. The van der Waals surface area contributed by atoms with E-state index in [2.05, 4.69) is 11.7 Å². The molecule has 0 spiro atoms. The second-order valence-electron chi connectivity index (χ2n) is 3.56. The molecule has 0 aliphatic heterocycles. The van der Waals surface area contributed by atoms with Crippen LogP contribution in [0.5, 0.6) is 0 Å². The number of hydrogen-bond acceptors (Lipinski definition) is 3. The molecule has 1 unspecified atom stereocenters. The first-order valence-corrected chi connectivity index (χ1v) is 5.17. The van der Waals surface area contributed by atoms with E-state index in [4.69, 9.17) is 5.11 Å². The average Bonchev–Trinajstić information content (AvgIpc) is 2.79. The van der Waals surface area contributed by atoms with Crippen molar-refractivity contribution in [1.29, 1.82) is 0 Å². The lowest BCUT2D eigenvalue weighted by atomic mass is 10.3. The highest BCUT2D eigenvalue weighted by Gasteiger charge is 2.22. The van der Waals surface area contributed by atoms with E-state index in [1.807, 2.05) is 0 Å². The maximum atomic E-state index is 12.0. The molecule has 1 rings (SSSR count). The molecule has 0 saturated carbocycles. The number of carbonyl (C=O) groups is 2. The van der Waals surface area contributed by atoms with Crippen LogP contribution in [0.4, 0.5) is 0 Å². The van der Waals surface area contributed by atoms with E-state index in [0.717, 1.165) is 0 Å². The number of rotatable bonds is 6. The van der Waals surface area contributed by atoms with Gasteiger partial charge in [0.05, 0.1) is 0 Å². The van der Waals surface area contributed by atoms with Crippen molar-refractivity contribution in [1.82, 2.24) is 14.7 Å². The van der Waals surface area contributed by atoms with E-state index >= 15 is 0 Å². The van der Waals surface area contributed by atoms with Crippen molar-refractivity contribution in [2.24, 2.45) is 0 Å². The van der Waals surface area contributed by atoms with E-state index in [1.54, 1.807) is 25.4 Å². The molecule has 1 amide bonds. The van der Waals surface area contributed by atoms with E-state index in [0.29, 0.717) is 0 Å². The second-order valence-corrected chi connectivity index (χ2v) is 3.56. The van der Waals surface area contributed by atoms with Gasteiger partial charge in [0.1, 0.15) is 12.6 Å². The average molecular weight is 237 g/mol. The van der Waals surface area contributed by atoms with Crippen molar-refractivity contribution in [3.05, 3.63) is 31.1 Å². The fourth-order valence-corrected chi connectivity index (χ4v) is 1.44. The fraction of sp³-hybridized carbons (Fsp3) is 0.364. The summed E-state index contributed by atoms with van der Waals surface area (Å²) >= 11 is 0. The van der Waals surface area contributed by atoms with Crippen molar-refractivity contribution in [2.75, 3.05) is 13.1 Å². The first-order valence-electron chi connectivity index (χ1n) is 5.17. The molecule has 17 heavy (non-hydrogen) atoms. The van der Waals surface area contributed by atoms with E-state index in [1.165, 1.54) is 15.7 Å². The number of carboxylic acid groups (broad SMARTS) is 1. The third kappa shape index (κ3) is 3.44. The lowest BCUT2D eigenvalue weighted by Gasteiger charge is -2.22. The summed E-state index contributed by atoms with van der Waals surface area (Å²) in [6.45, 7) is 5.05. The van der Waals surface area contributed by atoms with Gasteiger partial charge in [-0.05, 0) is 13.0 Å². The molecule has 1 aromatic heterocycles. The number of hydrogen-bond donors (Lipinski definition) is 1. The highest BCUT2D eigenvalue weighted by atomic mass is 16.4. The quantitative estimate of drug-likeness (QED) is 0.733. The smallest absolute Gasteiger partial charge is 0.323 e. The molecule has 92 valence electrons. The largest absolute Gasteiger partial charge is 0.480 e. The number of nitrogens with zero attached hydrogens (tertiary/aromatic N) is 3. The third-order valence-corrected chi connectivity index (χ3v) is 2.27.